The highest BCUT2D eigenvalue weighted by Crippen LogP contribution is 2.31. The molecule has 7 heteroatoms. The summed E-state index contributed by atoms with van der Waals surface area (Å²) >= 11 is 0. The Hall–Kier alpha value is -4.39. The maximum absolute atomic E-state index is 13.0. The van der Waals surface area contributed by atoms with Gasteiger partial charge < -0.3 is 15.5 Å². The molecule has 5 rings (SSSR count). The third kappa shape index (κ3) is 3.32. The number of H-pyrrole nitrogens is 1. The van der Waals surface area contributed by atoms with E-state index in [0.717, 1.165) is 16.3 Å². The lowest BCUT2D eigenvalue weighted by molar-refractivity contribution is 0.100. The number of carbonyl (C=O) groups is 2. The Kier molecular flexibility index (Phi) is 4.48. The number of benzene rings is 3. The second-order valence-corrected chi connectivity index (χ2v) is 7.13. The van der Waals surface area contributed by atoms with E-state index in [1.54, 1.807) is 18.3 Å². The number of hydrogen-bond donors (Lipinski definition) is 2. The fourth-order valence-electron chi connectivity index (χ4n) is 3.68. The lowest BCUT2D eigenvalue weighted by atomic mass is 10.2. The molecule has 31 heavy (non-hydrogen) atoms. The molecule has 0 radical (unpaired) electrons. The highest BCUT2D eigenvalue weighted by atomic mass is 16.5. The molecule has 0 unspecified atom stereocenters. The molecule has 0 aliphatic heterocycles. The van der Waals surface area contributed by atoms with Gasteiger partial charge in [-0.3, -0.25) is 4.79 Å². The fourth-order valence-corrected chi connectivity index (χ4v) is 3.68. The summed E-state index contributed by atoms with van der Waals surface area (Å²) in [5.41, 5.74) is 8.37. The monoisotopic (exact) mass is 410 g/mol. The van der Waals surface area contributed by atoms with E-state index in [9.17, 15) is 9.59 Å². The minimum atomic E-state index is -0.564. The van der Waals surface area contributed by atoms with Gasteiger partial charge in [-0.05, 0) is 17.7 Å². The van der Waals surface area contributed by atoms with E-state index in [4.69, 9.17) is 10.5 Å². The molecule has 7 nitrogen and oxygen atoms in total. The molecule has 2 aromatic heterocycles. The topological polar surface area (TPSA) is 103 Å². The van der Waals surface area contributed by atoms with Crippen molar-refractivity contribution >= 4 is 33.8 Å². The Morgan fingerprint density at radius 2 is 1.74 bits per heavy atom. The predicted octanol–water partition coefficient (Wildman–Crippen LogP) is 4.47. The van der Waals surface area contributed by atoms with Gasteiger partial charge in [0.1, 0.15) is 17.8 Å². The Balaban J connectivity index is 1.61. The molecule has 0 saturated carbocycles. The van der Waals surface area contributed by atoms with Crippen LogP contribution in [0.25, 0.3) is 33.3 Å². The molecule has 0 aliphatic carbocycles. The van der Waals surface area contributed by atoms with Gasteiger partial charge in [-0.2, -0.15) is 0 Å². The second-order valence-electron chi connectivity index (χ2n) is 7.13. The SMILES string of the molecule is NC(=O)c1cccc2[nH]c(-c3c4ccccc4cn3C(=O)OCc3ccccc3)nc12. The van der Waals surface area contributed by atoms with Gasteiger partial charge in [-0.1, -0.05) is 60.7 Å². The van der Waals surface area contributed by atoms with Gasteiger partial charge in [0.2, 0.25) is 0 Å². The van der Waals surface area contributed by atoms with Gasteiger partial charge in [-0.25, -0.2) is 14.3 Å². The van der Waals surface area contributed by atoms with Crippen molar-refractivity contribution in [3.05, 3.63) is 90.1 Å². The van der Waals surface area contributed by atoms with E-state index >= 15 is 0 Å². The summed E-state index contributed by atoms with van der Waals surface area (Å²) in [4.78, 5) is 32.6. The van der Waals surface area contributed by atoms with Crippen molar-refractivity contribution in [1.29, 1.82) is 0 Å². The minimum absolute atomic E-state index is 0.152. The number of aromatic nitrogens is 3. The Labute approximate surface area is 177 Å². The summed E-state index contributed by atoms with van der Waals surface area (Å²) in [6.07, 6.45) is 1.20. The van der Waals surface area contributed by atoms with E-state index in [0.29, 0.717) is 28.1 Å². The average Bonchev–Trinajstić information content (AvgIpc) is 3.39. The summed E-state index contributed by atoms with van der Waals surface area (Å²) in [6.45, 7) is 0.152. The molecule has 5 aromatic rings. The first-order valence-electron chi connectivity index (χ1n) is 9.72. The van der Waals surface area contributed by atoms with E-state index in [-0.39, 0.29) is 6.61 Å². The molecule has 3 N–H and O–H groups in total. The van der Waals surface area contributed by atoms with Gasteiger partial charge in [-0.15, -0.1) is 0 Å². The average molecular weight is 410 g/mol. The van der Waals surface area contributed by atoms with Crippen molar-refractivity contribution in [2.75, 3.05) is 0 Å². The standard InChI is InChI=1S/C24H18N4O3/c25-22(29)18-11-6-12-19-20(18)27-23(26-19)21-17-10-5-4-9-16(17)13-28(21)24(30)31-14-15-7-2-1-3-8-15/h1-13H,14H2,(H2,25,29)(H,26,27). The van der Waals surface area contributed by atoms with Crippen LogP contribution < -0.4 is 5.73 Å². The van der Waals surface area contributed by atoms with Crippen molar-refractivity contribution in [2.45, 2.75) is 6.61 Å². The van der Waals surface area contributed by atoms with Crippen molar-refractivity contribution < 1.29 is 14.3 Å². The normalized spacial score (nSPS) is 11.1. The molecule has 3 aromatic carbocycles. The Bertz CT molecular complexity index is 1430. The van der Waals surface area contributed by atoms with Crippen LogP contribution in [0.3, 0.4) is 0 Å². The van der Waals surface area contributed by atoms with Gasteiger partial charge in [0, 0.05) is 17.0 Å². The summed E-state index contributed by atoms with van der Waals surface area (Å²) in [5, 5.41) is 1.70. The number of nitrogens with one attached hydrogen (secondary N) is 1. The van der Waals surface area contributed by atoms with Crippen LogP contribution in [-0.4, -0.2) is 26.5 Å². The van der Waals surface area contributed by atoms with Gasteiger partial charge >= 0.3 is 6.09 Å². The minimum Gasteiger partial charge on any atom is -0.444 e. The number of nitrogens with zero attached hydrogens (tertiary/aromatic N) is 2. The zero-order valence-electron chi connectivity index (χ0n) is 16.4. The van der Waals surface area contributed by atoms with E-state index < -0.39 is 12.0 Å². The number of nitrogens with two attached hydrogens (primary N) is 1. The number of amides is 1. The van der Waals surface area contributed by atoms with E-state index in [1.807, 2.05) is 60.7 Å². The first-order chi connectivity index (χ1) is 15.1. The molecule has 0 bridgehead atoms. The van der Waals surface area contributed by atoms with Crippen molar-refractivity contribution in [2.24, 2.45) is 5.73 Å². The smallest absolute Gasteiger partial charge is 0.418 e. The van der Waals surface area contributed by atoms with E-state index in [2.05, 4.69) is 9.97 Å². The summed E-state index contributed by atoms with van der Waals surface area (Å²) in [7, 11) is 0. The molecule has 152 valence electrons. The van der Waals surface area contributed by atoms with Crippen LogP contribution >= 0.6 is 0 Å². The number of hydrogen-bond acceptors (Lipinski definition) is 4. The first kappa shape index (κ1) is 18.6. The first-order valence-corrected chi connectivity index (χ1v) is 9.72. The molecule has 0 fully saturated rings. The predicted molar refractivity (Wildman–Crippen MR) is 118 cm³/mol. The quantitative estimate of drug-likeness (QED) is 0.456. The highest BCUT2D eigenvalue weighted by molar-refractivity contribution is 6.06. The van der Waals surface area contributed by atoms with Crippen LogP contribution in [0.15, 0.2) is 79.0 Å². The second kappa shape index (κ2) is 7.46. The van der Waals surface area contributed by atoms with Crippen LogP contribution in [0.2, 0.25) is 0 Å². The number of carbonyl (C=O) groups excluding carboxylic acids is 2. The number of primary amides is 1. The maximum atomic E-state index is 13.0. The molecule has 1 amide bonds. The number of imidazole rings is 1. The number of fused-ring (bicyclic) bond motifs is 2. The largest absolute Gasteiger partial charge is 0.444 e. The van der Waals surface area contributed by atoms with Gasteiger partial charge in [0.15, 0.2) is 5.82 Å². The molecule has 2 heterocycles. The lowest BCUT2D eigenvalue weighted by Gasteiger charge is -2.08. The van der Waals surface area contributed by atoms with Crippen LogP contribution in [-0.2, 0) is 11.3 Å². The summed E-state index contributed by atoms with van der Waals surface area (Å²) in [5.74, 6) is -0.118. The van der Waals surface area contributed by atoms with Crippen molar-refractivity contribution in [3.63, 3.8) is 0 Å². The Morgan fingerprint density at radius 3 is 2.55 bits per heavy atom. The van der Waals surface area contributed by atoms with Crippen molar-refractivity contribution in [3.8, 4) is 11.5 Å². The van der Waals surface area contributed by atoms with Crippen LogP contribution in [0, 0.1) is 0 Å². The number of rotatable bonds is 4. The highest BCUT2D eigenvalue weighted by Gasteiger charge is 2.21. The zero-order valence-corrected chi connectivity index (χ0v) is 16.4. The van der Waals surface area contributed by atoms with Crippen LogP contribution in [0.5, 0.6) is 0 Å². The molecule has 0 saturated heterocycles. The third-order valence-corrected chi connectivity index (χ3v) is 5.13. The lowest BCUT2D eigenvalue weighted by Crippen LogP contribution is -2.14. The molecule has 0 atom stereocenters. The molecular formula is C24H18N4O3. The molecule has 0 spiro atoms. The number of aromatic amines is 1. The van der Waals surface area contributed by atoms with Gasteiger partial charge in [0.05, 0.1) is 11.1 Å². The Morgan fingerprint density at radius 1 is 0.968 bits per heavy atom. The summed E-state index contributed by atoms with van der Waals surface area (Å²) in [6, 6.07) is 22.3. The maximum Gasteiger partial charge on any atom is 0.418 e. The van der Waals surface area contributed by atoms with Crippen LogP contribution in [0.1, 0.15) is 15.9 Å². The fraction of sp³-hybridized carbons (Fsp3) is 0.0417. The zero-order chi connectivity index (χ0) is 21.4. The van der Waals surface area contributed by atoms with E-state index in [1.165, 1.54) is 4.57 Å². The summed E-state index contributed by atoms with van der Waals surface area (Å²) < 4.78 is 6.99. The molecule has 0 aliphatic rings. The van der Waals surface area contributed by atoms with Crippen LogP contribution in [0.4, 0.5) is 4.79 Å². The van der Waals surface area contributed by atoms with Gasteiger partial charge in [0.25, 0.3) is 5.91 Å². The van der Waals surface area contributed by atoms with Crippen molar-refractivity contribution in [1.82, 2.24) is 14.5 Å². The molecular weight excluding hydrogens is 392 g/mol. The third-order valence-electron chi connectivity index (χ3n) is 5.13. The number of ether oxygens (including phenoxy) is 1. The number of para-hydroxylation sites is 1.